The molecule has 0 amide bonds. The van der Waals surface area contributed by atoms with E-state index in [1.807, 2.05) is 35.3 Å². The van der Waals surface area contributed by atoms with Crippen LogP contribution in [0, 0.1) is 0 Å². The van der Waals surface area contributed by atoms with E-state index in [1.165, 1.54) is 29.2 Å². The largest absolute Gasteiger partial charge is 0.289 e. The third-order valence-corrected chi connectivity index (χ3v) is 4.55. The van der Waals surface area contributed by atoms with E-state index >= 15 is 0 Å². The smallest absolute Gasteiger partial charge is 0.145 e. The fourth-order valence-electron chi connectivity index (χ4n) is 3.21. The number of hydrogen-bond acceptors (Lipinski definition) is 2. The summed E-state index contributed by atoms with van der Waals surface area (Å²) in [6.07, 6.45) is 9.38. The van der Waals surface area contributed by atoms with Crippen LogP contribution in [0.3, 0.4) is 0 Å². The number of pyridine rings is 1. The summed E-state index contributed by atoms with van der Waals surface area (Å²) in [6.45, 7) is 2.22. The van der Waals surface area contributed by atoms with Crippen LogP contribution in [-0.2, 0) is 6.42 Å². The van der Waals surface area contributed by atoms with Crippen LogP contribution in [0.4, 0.5) is 0 Å². The standard InChI is InChI=1S/C22H21N3/c1-2-3-9-18-14-23-22(20-13-8-7-12-19(18)20)25-15-21(24-16-25)17-10-5-4-6-11-17/h4-8,10-16H,2-3,9H2,1H3. The van der Waals surface area contributed by atoms with Gasteiger partial charge in [0, 0.05) is 23.3 Å². The lowest BCUT2D eigenvalue weighted by Gasteiger charge is -2.10. The minimum Gasteiger partial charge on any atom is -0.289 e. The van der Waals surface area contributed by atoms with Crippen molar-refractivity contribution in [3.05, 3.63) is 78.9 Å². The Bertz CT molecular complexity index is 987. The SMILES string of the molecule is CCCCc1cnc(-n2cnc(-c3ccccc3)c2)c2ccccc12. The molecule has 3 nitrogen and oxygen atoms in total. The van der Waals surface area contributed by atoms with E-state index in [4.69, 9.17) is 4.98 Å². The highest BCUT2D eigenvalue weighted by Gasteiger charge is 2.10. The average molecular weight is 327 g/mol. The maximum Gasteiger partial charge on any atom is 0.145 e. The van der Waals surface area contributed by atoms with E-state index in [2.05, 4.69) is 54.5 Å². The Kier molecular flexibility index (Phi) is 4.30. The minimum absolute atomic E-state index is 0.936. The summed E-state index contributed by atoms with van der Waals surface area (Å²) in [4.78, 5) is 9.32. The number of aromatic nitrogens is 3. The molecule has 124 valence electrons. The number of imidazole rings is 1. The highest BCUT2D eigenvalue weighted by atomic mass is 15.1. The predicted octanol–water partition coefficient (Wildman–Crippen LogP) is 5.43. The summed E-state index contributed by atoms with van der Waals surface area (Å²) in [6, 6.07) is 18.8. The van der Waals surface area contributed by atoms with Gasteiger partial charge in [-0.05, 0) is 23.8 Å². The number of benzene rings is 2. The third-order valence-electron chi connectivity index (χ3n) is 4.55. The van der Waals surface area contributed by atoms with E-state index in [0.29, 0.717) is 0 Å². The van der Waals surface area contributed by atoms with Crippen molar-refractivity contribution in [2.75, 3.05) is 0 Å². The van der Waals surface area contributed by atoms with Crippen molar-refractivity contribution >= 4 is 10.8 Å². The molecule has 0 radical (unpaired) electrons. The first-order valence-corrected chi connectivity index (χ1v) is 8.83. The van der Waals surface area contributed by atoms with E-state index in [0.717, 1.165) is 23.5 Å². The van der Waals surface area contributed by atoms with Crippen molar-refractivity contribution in [2.24, 2.45) is 0 Å². The Hall–Kier alpha value is -2.94. The second kappa shape index (κ2) is 6.89. The van der Waals surface area contributed by atoms with Gasteiger partial charge in [0.25, 0.3) is 0 Å². The van der Waals surface area contributed by atoms with Gasteiger partial charge in [-0.3, -0.25) is 4.57 Å². The van der Waals surface area contributed by atoms with Crippen molar-refractivity contribution in [3.8, 4) is 17.1 Å². The Morgan fingerprint density at radius 2 is 1.64 bits per heavy atom. The number of hydrogen-bond donors (Lipinski definition) is 0. The first-order chi connectivity index (χ1) is 12.4. The van der Waals surface area contributed by atoms with Gasteiger partial charge < -0.3 is 0 Å². The molecule has 0 saturated carbocycles. The first kappa shape index (κ1) is 15.6. The molecule has 0 aliphatic rings. The monoisotopic (exact) mass is 327 g/mol. The van der Waals surface area contributed by atoms with Gasteiger partial charge in [0.15, 0.2) is 0 Å². The van der Waals surface area contributed by atoms with E-state index < -0.39 is 0 Å². The molecule has 0 unspecified atom stereocenters. The fraction of sp³-hybridized carbons (Fsp3) is 0.182. The summed E-state index contributed by atoms with van der Waals surface area (Å²) in [5.74, 6) is 0.936. The summed E-state index contributed by atoms with van der Waals surface area (Å²) in [5.41, 5.74) is 3.40. The van der Waals surface area contributed by atoms with Gasteiger partial charge in [-0.1, -0.05) is 67.9 Å². The lowest BCUT2D eigenvalue weighted by Crippen LogP contribution is -1.99. The lowest BCUT2D eigenvalue weighted by molar-refractivity contribution is 0.795. The molecule has 3 heteroatoms. The Morgan fingerprint density at radius 3 is 2.44 bits per heavy atom. The fourth-order valence-corrected chi connectivity index (χ4v) is 3.21. The van der Waals surface area contributed by atoms with Crippen LogP contribution in [0.15, 0.2) is 73.3 Å². The van der Waals surface area contributed by atoms with Crippen molar-refractivity contribution in [3.63, 3.8) is 0 Å². The molecule has 2 heterocycles. The second-order valence-corrected chi connectivity index (χ2v) is 6.29. The number of aryl methyl sites for hydroxylation is 1. The van der Waals surface area contributed by atoms with Crippen LogP contribution in [0.1, 0.15) is 25.3 Å². The second-order valence-electron chi connectivity index (χ2n) is 6.29. The van der Waals surface area contributed by atoms with Crippen LogP contribution >= 0.6 is 0 Å². The molecule has 0 N–H and O–H groups in total. The molecule has 0 atom stereocenters. The molecular formula is C22H21N3. The van der Waals surface area contributed by atoms with Gasteiger partial charge in [0.2, 0.25) is 0 Å². The summed E-state index contributed by atoms with van der Waals surface area (Å²) in [7, 11) is 0. The molecular weight excluding hydrogens is 306 g/mol. The quantitative estimate of drug-likeness (QED) is 0.489. The Labute approximate surface area is 148 Å². The Morgan fingerprint density at radius 1 is 0.880 bits per heavy atom. The zero-order chi connectivity index (χ0) is 17.1. The topological polar surface area (TPSA) is 30.7 Å². The molecule has 2 aromatic heterocycles. The van der Waals surface area contributed by atoms with Crippen LogP contribution < -0.4 is 0 Å². The molecule has 2 aromatic carbocycles. The van der Waals surface area contributed by atoms with Gasteiger partial charge in [-0.15, -0.1) is 0 Å². The summed E-state index contributed by atoms with van der Waals surface area (Å²) in [5, 5.41) is 2.46. The van der Waals surface area contributed by atoms with Crippen LogP contribution in [0.5, 0.6) is 0 Å². The zero-order valence-electron chi connectivity index (χ0n) is 14.4. The zero-order valence-corrected chi connectivity index (χ0v) is 14.4. The molecule has 4 aromatic rings. The summed E-state index contributed by atoms with van der Waals surface area (Å²) < 4.78 is 2.02. The van der Waals surface area contributed by atoms with Crippen LogP contribution in [0.25, 0.3) is 27.8 Å². The highest BCUT2D eigenvalue weighted by molar-refractivity contribution is 5.91. The van der Waals surface area contributed by atoms with Crippen molar-refractivity contribution in [1.29, 1.82) is 0 Å². The molecule has 0 fully saturated rings. The lowest BCUT2D eigenvalue weighted by atomic mass is 10.0. The first-order valence-electron chi connectivity index (χ1n) is 8.83. The van der Waals surface area contributed by atoms with Crippen LogP contribution in [-0.4, -0.2) is 14.5 Å². The van der Waals surface area contributed by atoms with Crippen LogP contribution in [0.2, 0.25) is 0 Å². The minimum atomic E-state index is 0.936. The normalized spacial score (nSPS) is 11.1. The number of fused-ring (bicyclic) bond motifs is 1. The number of nitrogens with zero attached hydrogens (tertiary/aromatic N) is 3. The highest BCUT2D eigenvalue weighted by Crippen LogP contribution is 2.26. The molecule has 0 aliphatic carbocycles. The average Bonchev–Trinajstić information content (AvgIpc) is 3.17. The third kappa shape index (κ3) is 3.05. The van der Waals surface area contributed by atoms with Gasteiger partial charge in [0.1, 0.15) is 12.1 Å². The molecule has 0 aliphatic heterocycles. The predicted molar refractivity (Wildman–Crippen MR) is 103 cm³/mol. The summed E-state index contributed by atoms with van der Waals surface area (Å²) >= 11 is 0. The Balaban J connectivity index is 1.79. The molecule has 0 saturated heterocycles. The van der Waals surface area contributed by atoms with Gasteiger partial charge in [0.05, 0.1) is 5.69 Å². The molecule has 25 heavy (non-hydrogen) atoms. The molecule has 4 rings (SSSR count). The van der Waals surface area contributed by atoms with Gasteiger partial charge in [-0.2, -0.15) is 0 Å². The van der Waals surface area contributed by atoms with E-state index in [9.17, 15) is 0 Å². The number of unbranched alkanes of at least 4 members (excludes halogenated alkanes) is 1. The number of rotatable bonds is 5. The maximum atomic E-state index is 4.76. The van der Waals surface area contributed by atoms with E-state index in [-0.39, 0.29) is 0 Å². The molecule has 0 bridgehead atoms. The van der Waals surface area contributed by atoms with Gasteiger partial charge >= 0.3 is 0 Å². The maximum absolute atomic E-state index is 4.76. The van der Waals surface area contributed by atoms with Crippen molar-refractivity contribution < 1.29 is 0 Å². The molecule has 0 spiro atoms. The van der Waals surface area contributed by atoms with Crippen molar-refractivity contribution in [2.45, 2.75) is 26.2 Å². The van der Waals surface area contributed by atoms with Crippen molar-refractivity contribution in [1.82, 2.24) is 14.5 Å². The van der Waals surface area contributed by atoms with E-state index in [1.54, 1.807) is 0 Å². The van der Waals surface area contributed by atoms with Gasteiger partial charge in [-0.25, -0.2) is 9.97 Å².